The molecule has 0 spiro atoms. The monoisotopic (exact) mass is 542 g/mol. The van der Waals surface area contributed by atoms with Crippen molar-refractivity contribution in [1.82, 2.24) is 19.9 Å². The topological polar surface area (TPSA) is 49.2 Å². The van der Waals surface area contributed by atoms with Gasteiger partial charge < -0.3 is 19.7 Å². The maximum absolute atomic E-state index is 6.93. The zero-order valence-electron chi connectivity index (χ0n) is 21.4. The van der Waals surface area contributed by atoms with E-state index in [4.69, 9.17) is 28.8 Å². The van der Waals surface area contributed by atoms with E-state index in [9.17, 15) is 0 Å². The van der Waals surface area contributed by atoms with Crippen LogP contribution in [0, 0.1) is 5.92 Å². The van der Waals surface area contributed by atoms with Crippen molar-refractivity contribution in [2.24, 2.45) is 5.92 Å². The maximum Gasteiger partial charge on any atom is 0.174 e. The van der Waals surface area contributed by atoms with Gasteiger partial charge in [0.1, 0.15) is 6.04 Å². The average molecular weight is 543 g/mol. The molecular weight excluding hydrogens is 512 g/mol. The molecule has 2 aliphatic heterocycles. The van der Waals surface area contributed by atoms with Crippen molar-refractivity contribution in [2.75, 3.05) is 22.9 Å². The molecule has 3 aromatic heterocycles. The fourth-order valence-electron chi connectivity index (χ4n) is 5.61. The summed E-state index contributed by atoms with van der Waals surface area (Å²) in [7, 11) is 0. The zero-order valence-corrected chi connectivity index (χ0v) is 22.9. The van der Waals surface area contributed by atoms with Crippen LogP contribution in [0.2, 0.25) is 5.02 Å². The van der Waals surface area contributed by atoms with Crippen LogP contribution in [0.15, 0.2) is 85.5 Å². The Morgan fingerprint density at radius 3 is 2.63 bits per heavy atom. The van der Waals surface area contributed by atoms with Crippen molar-refractivity contribution < 1.29 is 0 Å². The second-order valence-electron chi connectivity index (χ2n) is 10.2. The number of hydrogen-bond donors (Lipinski definition) is 1. The molecule has 4 aromatic rings. The van der Waals surface area contributed by atoms with E-state index in [0.717, 1.165) is 58.9 Å². The van der Waals surface area contributed by atoms with Gasteiger partial charge in [0.2, 0.25) is 0 Å². The highest BCUT2D eigenvalue weighted by Crippen LogP contribution is 2.43. The molecule has 2 fully saturated rings. The zero-order chi connectivity index (χ0) is 26.1. The van der Waals surface area contributed by atoms with E-state index >= 15 is 0 Å². The summed E-state index contributed by atoms with van der Waals surface area (Å²) < 4.78 is 2.27. The third-order valence-corrected chi connectivity index (χ3v) is 8.29. The molecule has 194 valence electrons. The fourth-order valence-corrected chi connectivity index (χ4v) is 6.25. The third-order valence-electron chi connectivity index (χ3n) is 7.68. The number of thiocarbonyl (C=S) groups is 1. The number of anilines is 2. The first kappa shape index (κ1) is 24.9. The Morgan fingerprint density at radius 2 is 1.89 bits per heavy atom. The molecule has 0 bridgehead atoms. The van der Waals surface area contributed by atoms with Gasteiger partial charge in [-0.3, -0.25) is 9.97 Å². The van der Waals surface area contributed by atoms with Gasteiger partial charge in [-0.15, -0.1) is 0 Å². The Balaban J connectivity index is 1.38. The summed E-state index contributed by atoms with van der Waals surface area (Å²) in [5, 5.41) is 4.98. The molecule has 0 aliphatic carbocycles. The summed E-state index contributed by atoms with van der Waals surface area (Å²) in [6.45, 7) is 5.12. The minimum absolute atomic E-state index is 0.109. The summed E-state index contributed by atoms with van der Waals surface area (Å²) in [5.41, 5.74) is 5.30. The van der Waals surface area contributed by atoms with Gasteiger partial charge in [-0.25, -0.2) is 0 Å². The predicted octanol–water partition coefficient (Wildman–Crippen LogP) is 6.39. The molecule has 6 nitrogen and oxygen atoms in total. The van der Waals surface area contributed by atoms with Crippen LogP contribution in [-0.2, 0) is 6.54 Å². The Hall–Kier alpha value is -3.42. The van der Waals surface area contributed by atoms with Gasteiger partial charge in [0.25, 0.3) is 0 Å². The quantitative estimate of drug-likeness (QED) is 0.285. The molecule has 6 rings (SSSR count). The highest BCUT2D eigenvalue weighted by Gasteiger charge is 2.42. The molecule has 2 aliphatic rings. The summed E-state index contributed by atoms with van der Waals surface area (Å²) in [6.07, 6.45) is 10.1. The van der Waals surface area contributed by atoms with E-state index in [1.54, 1.807) is 6.20 Å². The molecule has 0 amide bonds. The molecule has 0 saturated carbocycles. The van der Waals surface area contributed by atoms with Crippen molar-refractivity contribution in [3.05, 3.63) is 107 Å². The summed E-state index contributed by atoms with van der Waals surface area (Å²) in [5.74, 6) is 0.768. The minimum Gasteiger partial charge on any atom is -0.370 e. The first-order valence-corrected chi connectivity index (χ1v) is 14.0. The first-order chi connectivity index (χ1) is 18.6. The lowest BCUT2D eigenvalue weighted by Gasteiger charge is -2.33. The first-order valence-electron chi connectivity index (χ1n) is 13.2. The van der Waals surface area contributed by atoms with E-state index in [1.165, 1.54) is 12.8 Å². The molecule has 2 saturated heterocycles. The van der Waals surface area contributed by atoms with Crippen molar-refractivity contribution in [2.45, 2.75) is 38.4 Å². The number of halogens is 1. The van der Waals surface area contributed by atoms with Crippen LogP contribution in [-0.4, -0.2) is 32.7 Å². The van der Waals surface area contributed by atoms with Crippen molar-refractivity contribution in [3.8, 4) is 0 Å². The van der Waals surface area contributed by atoms with Crippen LogP contribution >= 0.6 is 23.8 Å². The highest BCUT2D eigenvalue weighted by molar-refractivity contribution is 7.80. The molecule has 2 atom stereocenters. The van der Waals surface area contributed by atoms with E-state index in [-0.39, 0.29) is 12.1 Å². The van der Waals surface area contributed by atoms with Gasteiger partial charge in [-0.05, 0) is 85.1 Å². The van der Waals surface area contributed by atoms with Crippen molar-refractivity contribution in [3.63, 3.8) is 0 Å². The predicted molar refractivity (Wildman–Crippen MR) is 158 cm³/mol. The maximum atomic E-state index is 6.93. The van der Waals surface area contributed by atoms with Crippen LogP contribution < -0.4 is 15.1 Å². The number of nitrogens with one attached hydrogen (secondary N) is 1. The summed E-state index contributed by atoms with van der Waals surface area (Å²) in [6, 6.07) is 20.5. The number of nitrogens with zero attached hydrogens (tertiary/aromatic N) is 5. The number of hydrogen-bond acceptors (Lipinski definition) is 4. The van der Waals surface area contributed by atoms with Crippen LogP contribution in [0.25, 0.3) is 0 Å². The Labute approximate surface area is 234 Å². The van der Waals surface area contributed by atoms with Gasteiger partial charge >= 0.3 is 0 Å². The number of aromatic nitrogens is 3. The molecule has 38 heavy (non-hydrogen) atoms. The second-order valence-corrected chi connectivity index (χ2v) is 11.0. The standard InChI is InChI=1S/C30H31ClN6S/c1-21-11-16-35(17-12-21)26-10-9-23(18-24(26)31)37-29(28(34-30(37)38)25-7-2-3-14-33-25)27-8-5-15-36(27)20-22-6-4-13-32-19-22/h2-10,13-15,18-19,21,28-29H,11-12,16-17,20H2,1H3,(H,34,38)/t28-,29-/m1/s1. The smallest absolute Gasteiger partial charge is 0.174 e. The lowest BCUT2D eigenvalue weighted by Crippen LogP contribution is -2.33. The summed E-state index contributed by atoms with van der Waals surface area (Å²) >= 11 is 12.9. The van der Waals surface area contributed by atoms with Crippen molar-refractivity contribution in [1.29, 1.82) is 0 Å². The van der Waals surface area contributed by atoms with Crippen LogP contribution in [0.1, 0.15) is 48.8 Å². The van der Waals surface area contributed by atoms with Gasteiger partial charge in [0.15, 0.2) is 5.11 Å². The summed E-state index contributed by atoms with van der Waals surface area (Å²) in [4.78, 5) is 13.6. The number of rotatable bonds is 6. The van der Waals surface area contributed by atoms with Gasteiger partial charge in [-0.2, -0.15) is 0 Å². The Morgan fingerprint density at radius 1 is 1.03 bits per heavy atom. The molecule has 5 heterocycles. The second kappa shape index (κ2) is 10.8. The average Bonchev–Trinajstić information content (AvgIpc) is 3.53. The fraction of sp³-hybridized carbons (Fsp3) is 0.300. The van der Waals surface area contributed by atoms with Crippen LogP contribution in [0.3, 0.4) is 0 Å². The third kappa shape index (κ3) is 4.88. The van der Waals surface area contributed by atoms with E-state index in [1.807, 2.05) is 30.6 Å². The molecule has 0 unspecified atom stereocenters. The van der Waals surface area contributed by atoms with E-state index in [0.29, 0.717) is 5.11 Å². The minimum atomic E-state index is -0.117. The van der Waals surface area contributed by atoms with E-state index in [2.05, 4.69) is 80.3 Å². The molecule has 1 N–H and O–H groups in total. The lowest BCUT2D eigenvalue weighted by atomic mass is 9.98. The number of piperidine rings is 1. The number of pyridine rings is 2. The molecule has 8 heteroatoms. The Kier molecular flexibility index (Phi) is 7.04. The normalized spacial score (nSPS) is 20.1. The van der Waals surface area contributed by atoms with Gasteiger partial charge in [0, 0.05) is 55.8 Å². The highest BCUT2D eigenvalue weighted by atomic mass is 35.5. The van der Waals surface area contributed by atoms with Gasteiger partial charge in [-0.1, -0.05) is 30.7 Å². The van der Waals surface area contributed by atoms with E-state index < -0.39 is 0 Å². The van der Waals surface area contributed by atoms with Crippen molar-refractivity contribution >= 4 is 40.3 Å². The molecular formula is C30H31ClN6S. The molecule has 0 radical (unpaired) electrons. The Bertz CT molecular complexity index is 1400. The SMILES string of the molecule is CC1CCN(c2ccc(N3C(=S)N[C@H](c4ccccn4)[C@H]3c3cccn3Cc3cccnc3)cc2Cl)CC1. The van der Waals surface area contributed by atoms with Gasteiger partial charge in [0.05, 0.1) is 22.4 Å². The van der Waals surface area contributed by atoms with Crippen LogP contribution in [0.5, 0.6) is 0 Å². The largest absolute Gasteiger partial charge is 0.370 e. The number of benzene rings is 1. The lowest BCUT2D eigenvalue weighted by molar-refractivity contribution is 0.438. The van der Waals surface area contributed by atoms with Crippen LogP contribution in [0.4, 0.5) is 11.4 Å². The molecule has 1 aromatic carbocycles.